The van der Waals surface area contributed by atoms with Crippen molar-refractivity contribution >= 4 is 11.7 Å². The summed E-state index contributed by atoms with van der Waals surface area (Å²) in [5, 5.41) is 9.82. The van der Waals surface area contributed by atoms with E-state index in [1.807, 2.05) is 17.0 Å². The lowest BCUT2D eigenvalue weighted by atomic mass is 9.83. The van der Waals surface area contributed by atoms with Gasteiger partial charge >= 0.3 is 0 Å². The van der Waals surface area contributed by atoms with Crippen LogP contribution in [-0.2, 0) is 17.8 Å². The zero-order chi connectivity index (χ0) is 20.5. The molecule has 0 unspecified atom stereocenters. The van der Waals surface area contributed by atoms with Crippen molar-refractivity contribution in [1.82, 2.24) is 9.88 Å². The Morgan fingerprint density at radius 3 is 2.72 bits per heavy atom. The van der Waals surface area contributed by atoms with Gasteiger partial charge in [0.05, 0.1) is 19.9 Å². The molecular formula is C22H24N4O3. The number of benzene rings is 1. The predicted octanol–water partition coefficient (Wildman–Crippen LogP) is 2.90. The molecule has 29 heavy (non-hydrogen) atoms. The molecule has 1 saturated carbocycles. The van der Waals surface area contributed by atoms with Crippen LogP contribution in [0.15, 0.2) is 18.2 Å². The number of hydrogen-bond acceptors (Lipinski definition) is 6. The molecule has 0 saturated heterocycles. The Kier molecular flexibility index (Phi) is 5.01. The number of anilines is 1. The second-order valence-electron chi connectivity index (χ2n) is 7.49. The number of nitrogens with two attached hydrogens (primary N) is 1. The van der Waals surface area contributed by atoms with Crippen LogP contribution in [0.4, 0.5) is 5.82 Å². The summed E-state index contributed by atoms with van der Waals surface area (Å²) < 4.78 is 10.9. The lowest BCUT2D eigenvalue weighted by Crippen LogP contribution is -2.42. The van der Waals surface area contributed by atoms with Gasteiger partial charge in [-0.3, -0.25) is 4.79 Å². The molecule has 1 aliphatic heterocycles. The molecule has 1 aromatic carbocycles. The third-order valence-electron chi connectivity index (χ3n) is 5.94. The summed E-state index contributed by atoms with van der Waals surface area (Å²) >= 11 is 0. The number of methoxy groups -OCH3 is 2. The molecule has 150 valence electrons. The normalized spacial score (nSPS) is 15.8. The van der Waals surface area contributed by atoms with Crippen molar-refractivity contribution in [3.05, 3.63) is 35.0 Å². The highest BCUT2D eigenvalue weighted by molar-refractivity contribution is 5.85. The lowest BCUT2D eigenvalue weighted by Gasteiger charge is -2.35. The average molecular weight is 392 g/mol. The van der Waals surface area contributed by atoms with Crippen LogP contribution in [0.25, 0.3) is 11.1 Å². The molecule has 4 rings (SSSR count). The van der Waals surface area contributed by atoms with E-state index in [2.05, 4.69) is 11.1 Å². The van der Waals surface area contributed by atoms with Crippen molar-refractivity contribution in [3.63, 3.8) is 0 Å². The van der Waals surface area contributed by atoms with Gasteiger partial charge in [-0.25, -0.2) is 4.98 Å². The van der Waals surface area contributed by atoms with E-state index in [1.165, 1.54) is 0 Å². The Labute approximate surface area is 170 Å². The molecule has 0 bridgehead atoms. The molecule has 2 N–H and O–H groups in total. The zero-order valence-electron chi connectivity index (χ0n) is 16.7. The third kappa shape index (κ3) is 3.25. The van der Waals surface area contributed by atoms with Gasteiger partial charge in [-0.2, -0.15) is 5.26 Å². The molecule has 2 aliphatic rings. The molecule has 1 aromatic heterocycles. The number of rotatable bonds is 4. The zero-order valence-corrected chi connectivity index (χ0v) is 16.7. The summed E-state index contributed by atoms with van der Waals surface area (Å²) in [5.41, 5.74) is 9.60. The molecule has 2 aromatic rings. The topological polar surface area (TPSA) is 101 Å². The smallest absolute Gasteiger partial charge is 0.225 e. The highest BCUT2D eigenvalue weighted by Gasteiger charge is 2.33. The molecule has 1 aliphatic carbocycles. The maximum atomic E-state index is 12.8. The van der Waals surface area contributed by atoms with Crippen LogP contribution in [0, 0.1) is 17.2 Å². The highest BCUT2D eigenvalue weighted by Crippen LogP contribution is 2.41. The Morgan fingerprint density at radius 2 is 2.10 bits per heavy atom. The Balaban J connectivity index is 1.85. The van der Waals surface area contributed by atoms with Gasteiger partial charge in [0.25, 0.3) is 0 Å². The molecule has 0 spiro atoms. The Bertz CT molecular complexity index is 1010. The molecule has 0 radical (unpaired) electrons. The van der Waals surface area contributed by atoms with E-state index in [0.717, 1.165) is 36.1 Å². The number of carbonyl (C=O) groups excluding carboxylic acids is 1. The number of nitriles is 1. The Morgan fingerprint density at radius 1 is 1.31 bits per heavy atom. The molecule has 2 heterocycles. The van der Waals surface area contributed by atoms with Crippen LogP contribution in [0.1, 0.15) is 36.1 Å². The average Bonchev–Trinajstić information content (AvgIpc) is 2.70. The van der Waals surface area contributed by atoms with Crippen molar-refractivity contribution in [2.75, 3.05) is 26.5 Å². The van der Waals surface area contributed by atoms with E-state index in [1.54, 1.807) is 20.3 Å². The standard InChI is InChI=1S/C22H24N4O3/c1-28-14-6-7-15(19(10-14)29-2)20-16(11-23)21(24)25-18-8-9-26(12-17(18)20)22(27)13-4-3-5-13/h6-7,10,13H,3-5,8-9,12H2,1-2H3,(H2,24,25). The number of amides is 1. The number of nitrogen functional groups attached to an aromatic ring is 1. The second-order valence-corrected chi connectivity index (χ2v) is 7.49. The first-order chi connectivity index (χ1) is 14.1. The van der Waals surface area contributed by atoms with Gasteiger partial charge in [0.1, 0.15) is 28.9 Å². The quantitative estimate of drug-likeness (QED) is 0.858. The van der Waals surface area contributed by atoms with Gasteiger partial charge in [0, 0.05) is 48.2 Å². The number of ether oxygens (including phenoxy) is 2. The van der Waals surface area contributed by atoms with Gasteiger partial charge in [-0.1, -0.05) is 6.42 Å². The lowest BCUT2D eigenvalue weighted by molar-refractivity contribution is -0.139. The monoisotopic (exact) mass is 392 g/mol. The van der Waals surface area contributed by atoms with Crippen LogP contribution in [-0.4, -0.2) is 36.6 Å². The van der Waals surface area contributed by atoms with Gasteiger partial charge in [-0.05, 0) is 25.0 Å². The molecular weight excluding hydrogens is 368 g/mol. The van der Waals surface area contributed by atoms with Crippen molar-refractivity contribution in [1.29, 1.82) is 5.26 Å². The largest absolute Gasteiger partial charge is 0.497 e. The van der Waals surface area contributed by atoms with Crippen LogP contribution < -0.4 is 15.2 Å². The van der Waals surface area contributed by atoms with E-state index in [4.69, 9.17) is 15.2 Å². The molecule has 1 amide bonds. The van der Waals surface area contributed by atoms with Gasteiger partial charge in [-0.15, -0.1) is 0 Å². The van der Waals surface area contributed by atoms with Gasteiger partial charge in [0.2, 0.25) is 5.91 Å². The van der Waals surface area contributed by atoms with Crippen molar-refractivity contribution in [2.24, 2.45) is 5.92 Å². The van der Waals surface area contributed by atoms with Gasteiger partial charge < -0.3 is 20.1 Å². The summed E-state index contributed by atoms with van der Waals surface area (Å²) in [4.78, 5) is 19.2. The number of nitrogens with zero attached hydrogens (tertiary/aromatic N) is 3. The van der Waals surface area contributed by atoms with Crippen LogP contribution in [0.2, 0.25) is 0 Å². The molecule has 0 atom stereocenters. The SMILES string of the molecule is COc1ccc(-c2c(C#N)c(N)nc3c2CN(C(=O)C2CCC2)CC3)c(OC)c1. The minimum absolute atomic E-state index is 0.132. The van der Waals surface area contributed by atoms with E-state index >= 15 is 0 Å². The third-order valence-corrected chi connectivity index (χ3v) is 5.94. The molecule has 7 nitrogen and oxygen atoms in total. The maximum Gasteiger partial charge on any atom is 0.225 e. The predicted molar refractivity (Wildman–Crippen MR) is 108 cm³/mol. The van der Waals surface area contributed by atoms with Crippen molar-refractivity contribution in [3.8, 4) is 28.7 Å². The van der Waals surface area contributed by atoms with E-state index in [9.17, 15) is 10.1 Å². The summed E-state index contributed by atoms with van der Waals surface area (Å²) in [7, 11) is 3.17. The fourth-order valence-corrected chi connectivity index (χ4v) is 4.10. The van der Waals surface area contributed by atoms with Crippen molar-refractivity contribution < 1.29 is 14.3 Å². The summed E-state index contributed by atoms with van der Waals surface area (Å²) in [6, 6.07) is 7.66. The fraction of sp³-hybridized carbons (Fsp3) is 0.409. The van der Waals surface area contributed by atoms with Gasteiger partial charge in [0.15, 0.2) is 0 Å². The summed E-state index contributed by atoms with van der Waals surface area (Å²) in [6.07, 6.45) is 3.66. The second kappa shape index (κ2) is 7.63. The maximum absolute atomic E-state index is 12.8. The first kappa shape index (κ1) is 19.1. The van der Waals surface area contributed by atoms with Crippen LogP contribution in [0.3, 0.4) is 0 Å². The number of hydrogen-bond donors (Lipinski definition) is 1. The van der Waals surface area contributed by atoms with Crippen LogP contribution in [0.5, 0.6) is 11.5 Å². The minimum Gasteiger partial charge on any atom is -0.497 e. The number of fused-ring (bicyclic) bond motifs is 1. The first-order valence-electron chi connectivity index (χ1n) is 9.79. The fourth-order valence-electron chi connectivity index (χ4n) is 4.10. The number of pyridine rings is 1. The van der Waals surface area contributed by atoms with Crippen LogP contribution >= 0.6 is 0 Å². The summed E-state index contributed by atoms with van der Waals surface area (Å²) in [5.74, 6) is 1.77. The molecule has 7 heteroatoms. The summed E-state index contributed by atoms with van der Waals surface area (Å²) in [6.45, 7) is 1.05. The van der Waals surface area contributed by atoms with E-state index < -0.39 is 0 Å². The van der Waals surface area contributed by atoms with E-state index in [-0.39, 0.29) is 17.6 Å². The number of carbonyl (C=O) groups is 1. The molecule has 1 fully saturated rings. The van der Waals surface area contributed by atoms with Crippen molar-refractivity contribution in [2.45, 2.75) is 32.2 Å². The minimum atomic E-state index is 0.132. The first-order valence-corrected chi connectivity index (χ1v) is 9.79. The highest BCUT2D eigenvalue weighted by atomic mass is 16.5. The van der Waals surface area contributed by atoms with E-state index in [0.29, 0.717) is 42.1 Å². The Hall–Kier alpha value is -3.27. The number of aromatic nitrogens is 1.